The van der Waals surface area contributed by atoms with Crippen molar-refractivity contribution in [1.82, 2.24) is 10.5 Å². The topological polar surface area (TPSA) is 105 Å². The van der Waals surface area contributed by atoms with Gasteiger partial charge in [-0.3, -0.25) is 4.79 Å². The summed E-state index contributed by atoms with van der Waals surface area (Å²) >= 11 is 0. The van der Waals surface area contributed by atoms with Crippen LogP contribution in [0.5, 0.6) is 0 Å². The molecule has 0 spiro atoms. The van der Waals surface area contributed by atoms with Crippen molar-refractivity contribution < 1.29 is 24.3 Å². The van der Waals surface area contributed by atoms with E-state index in [9.17, 15) is 9.90 Å². The number of amides is 1. The summed E-state index contributed by atoms with van der Waals surface area (Å²) in [5, 5.41) is 25.8. The van der Waals surface area contributed by atoms with E-state index in [-0.39, 0.29) is 12.4 Å². The van der Waals surface area contributed by atoms with Gasteiger partial charge in [0.25, 0.3) is 5.91 Å². The molecular weight excluding hydrogens is 300 g/mol. The average molecular weight is 318 g/mol. The molecule has 0 unspecified atom stereocenters. The van der Waals surface area contributed by atoms with E-state index >= 15 is 0 Å². The molecule has 7 nitrogen and oxygen atoms in total. The Morgan fingerprint density at radius 2 is 2.13 bits per heavy atom. The van der Waals surface area contributed by atoms with Crippen molar-refractivity contribution in [3.63, 3.8) is 0 Å². The van der Waals surface area contributed by atoms with Crippen LogP contribution in [0.15, 0.2) is 40.9 Å². The number of benzene rings is 1. The molecule has 1 aromatic carbocycles. The van der Waals surface area contributed by atoms with Crippen molar-refractivity contribution in [2.75, 3.05) is 13.2 Å². The average Bonchev–Trinajstić information content (AvgIpc) is 3.08. The molecule has 3 rings (SSSR count). The fourth-order valence-electron chi connectivity index (χ4n) is 2.56. The number of hydrogen-bond acceptors (Lipinski definition) is 6. The first-order valence-electron chi connectivity index (χ1n) is 7.42. The van der Waals surface area contributed by atoms with E-state index in [4.69, 9.17) is 14.4 Å². The summed E-state index contributed by atoms with van der Waals surface area (Å²) in [5.74, 6) is -0.384. The van der Waals surface area contributed by atoms with Crippen LogP contribution in [-0.2, 0) is 4.74 Å². The lowest BCUT2D eigenvalue weighted by atomic mass is 10.00. The number of nitrogens with zero attached hydrogens (tertiary/aromatic N) is 1. The number of carbonyl (C=O) groups is 1. The highest BCUT2D eigenvalue weighted by atomic mass is 16.5. The molecule has 1 amide bonds. The van der Waals surface area contributed by atoms with Gasteiger partial charge < -0.3 is 24.8 Å². The Kier molecular flexibility index (Phi) is 4.71. The highest BCUT2D eigenvalue weighted by Gasteiger charge is 2.34. The summed E-state index contributed by atoms with van der Waals surface area (Å²) in [6.07, 6.45) is -1.19. The van der Waals surface area contributed by atoms with Crippen molar-refractivity contribution in [2.45, 2.75) is 24.7 Å². The lowest BCUT2D eigenvalue weighted by Crippen LogP contribution is -2.54. The van der Waals surface area contributed by atoms with Crippen molar-refractivity contribution >= 4 is 5.91 Å². The van der Waals surface area contributed by atoms with Crippen LogP contribution in [0.3, 0.4) is 0 Å². The molecule has 2 heterocycles. The maximum absolute atomic E-state index is 12.2. The molecule has 0 saturated carbocycles. The van der Waals surface area contributed by atoms with E-state index in [0.717, 1.165) is 5.56 Å². The Hall–Kier alpha value is -2.22. The summed E-state index contributed by atoms with van der Waals surface area (Å²) < 4.78 is 10.3. The molecular formula is C16H18N2O5. The number of carbonyl (C=O) groups excluding carboxylic acids is 1. The molecule has 0 bridgehead atoms. The van der Waals surface area contributed by atoms with Crippen LogP contribution in [-0.4, -0.2) is 52.7 Å². The molecule has 23 heavy (non-hydrogen) atoms. The zero-order chi connectivity index (χ0) is 16.2. The molecule has 3 N–H and O–H groups in total. The molecule has 122 valence electrons. The number of aliphatic hydroxyl groups excluding tert-OH is 2. The second-order valence-electron chi connectivity index (χ2n) is 5.39. The second-order valence-corrected chi connectivity index (χ2v) is 5.39. The van der Waals surface area contributed by atoms with Gasteiger partial charge in [0.05, 0.1) is 12.6 Å². The molecule has 1 aliphatic rings. The van der Waals surface area contributed by atoms with Gasteiger partial charge in [-0.2, -0.15) is 0 Å². The number of ether oxygens (including phenoxy) is 1. The minimum atomic E-state index is -0.964. The monoisotopic (exact) mass is 318 g/mol. The first-order valence-corrected chi connectivity index (χ1v) is 7.42. The fourth-order valence-corrected chi connectivity index (χ4v) is 2.56. The molecule has 1 saturated heterocycles. The van der Waals surface area contributed by atoms with Crippen molar-refractivity contribution in [2.24, 2.45) is 0 Å². The van der Waals surface area contributed by atoms with Crippen LogP contribution in [0.4, 0.5) is 0 Å². The Balaban J connectivity index is 1.68. The first-order chi connectivity index (χ1) is 11.2. The zero-order valence-electron chi connectivity index (χ0n) is 12.4. The maximum Gasteiger partial charge on any atom is 0.290 e. The normalized spacial score (nSPS) is 24.3. The van der Waals surface area contributed by atoms with Gasteiger partial charge in [-0.1, -0.05) is 35.5 Å². The minimum Gasteiger partial charge on any atom is -0.394 e. The van der Waals surface area contributed by atoms with Crippen LogP contribution in [0.1, 0.15) is 17.0 Å². The maximum atomic E-state index is 12.2. The molecule has 1 fully saturated rings. The predicted molar refractivity (Wildman–Crippen MR) is 80.6 cm³/mol. The van der Waals surface area contributed by atoms with E-state index < -0.39 is 24.2 Å². The van der Waals surface area contributed by atoms with Gasteiger partial charge in [0.15, 0.2) is 0 Å². The van der Waals surface area contributed by atoms with E-state index in [0.29, 0.717) is 18.7 Å². The minimum absolute atomic E-state index is 0.0723. The van der Waals surface area contributed by atoms with Gasteiger partial charge in [0.2, 0.25) is 5.76 Å². The third-order valence-electron chi connectivity index (χ3n) is 3.85. The highest BCUT2D eigenvalue weighted by molar-refractivity contribution is 5.92. The number of hydrogen-bond donors (Lipinski definition) is 3. The Morgan fingerprint density at radius 1 is 1.35 bits per heavy atom. The standard InChI is InChI=1S/C16H18N2O5/c19-9-14-15(20)11(6-7-22-14)17-16(21)13-8-12(18-23-13)10-4-2-1-3-5-10/h1-5,8,11,14-15,19-20H,6-7,9H2,(H,17,21)/t11-,14+,15-/m0/s1. The number of nitrogens with one attached hydrogen (secondary N) is 1. The quantitative estimate of drug-likeness (QED) is 0.762. The van der Waals surface area contributed by atoms with Crippen LogP contribution in [0, 0.1) is 0 Å². The van der Waals surface area contributed by atoms with Gasteiger partial charge in [0, 0.05) is 18.2 Å². The Bertz CT molecular complexity index is 658. The SMILES string of the molecule is O=C(N[C@H]1CCO[C@H](CO)[C@H]1O)c1cc(-c2ccccc2)no1. The van der Waals surface area contributed by atoms with E-state index in [1.807, 2.05) is 30.3 Å². The second kappa shape index (κ2) is 6.91. The van der Waals surface area contributed by atoms with E-state index in [1.165, 1.54) is 0 Å². The Labute approximate surface area is 132 Å². The molecule has 1 aliphatic heterocycles. The number of rotatable bonds is 4. The molecule has 2 aromatic rings. The first kappa shape index (κ1) is 15.7. The van der Waals surface area contributed by atoms with Gasteiger partial charge in [-0.25, -0.2) is 0 Å². The van der Waals surface area contributed by atoms with Crippen molar-refractivity contribution in [1.29, 1.82) is 0 Å². The highest BCUT2D eigenvalue weighted by Crippen LogP contribution is 2.19. The summed E-state index contributed by atoms with van der Waals surface area (Å²) in [7, 11) is 0. The molecule has 1 aromatic heterocycles. The molecule has 3 atom stereocenters. The van der Waals surface area contributed by atoms with Crippen LogP contribution in [0.25, 0.3) is 11.3 Å². The van der Waals surface area contributed by atoms with Crippen LogP contribution >= 0.6 is 0 Å². The molecule has 7 heteroatoms. The van der Waals surface area contributed by atoms with Crippen LogP contribution in [0.2, 0.25) is 0 Å². The van der Waals surface area contributed by atoms with Crippen molar-refractivity contribution in [3.8, 4) is 11.3 Å². The number of aromatic nitrogens is 1. The Morgan fingerprint density at radius 3 is 2.87 bits per heavy atom. The van der Waals surface area contributed by atoms with E-state index in [2.05, 4.69) is 10.5 Å². The summed E-state index contributed by atoms with van der Waals surface area (Å²) in [4.78, 5) is 12.2. The summed E-state index contributed by atoms with van der Waals surface area (Å²) in [5.41, 5.74) is 1.42. The van der Waals surface area contributed by atoms with Gasteiger partial charge in [-0.05, 0) is 6.42 Å². The number of aliphatic hydroxyl groups is 2. The van der Waals surface area contributed by atoms with Gasteiger partial charge in [-0.15, -0.1) is 0 Å². The van der Waals surface area contributed by atoms with Gasteiger partial charge in [0.1, 0.15) is 17.9 Å². The molecule has 0 aliphatic carbocycles. The third kappa shape index (κ3) is 3.42. The smallest absolute Gasteiger partial charge is 0.290 e. The largest absolute Gasteiger partial charge is 0.394 e. The van der Waals surface area contributed by atoms with Crippen molar-refractivity contribution in [3.05, 3.63) is 42.2 Å². The van der Waals surface area contributed by atoms with Crippen LogP contribution < -0.4 is 5.32 Å². The lowest BCUT2D eigenvalue weighted by Gasteiger charge is -2.34. The third-order valence-corrected chi connectivity index (χ3v) is 3.85. The zero-order valence-corrected chi connectivity index (χ0v) is 12.4. The molecule has 0 radical (unpaired) electrons. The summed E-state index contributed by atoms with van der Waals surface area (Å²) in [6.45, 7) is 0.0624. The van der Waals surface area contributed by atoms with E-state index in [1.54, 1.807) is 6.07 Å². The lowest BCUT2D eigenvalue weighted by molar-refractivity contribution is -0.107. The predicted octanol–water partition coefficient (Wildman–Crippen LogP) is 0.582. The fraction of sp³-hybridized carbons (Fsp3) is 0.375. The van der Waals surface area contributed by atoms with Gasteiger partial charge >= 0.3 is 0 Å². The summed E-state index contributed by atoms with van der Waals surface area (Å²) in [6, 6.07) is 10.4.